The predicted molar refractivity (Wildman–Crippen MR) is 97.0 cm³/mol. The maximum absolute atomic E-state index is 15.1. The van der Waals surface area contributed by atoms with Crippen LogP contribution in [0, 0.1) is 5.82 Å². The summed E-state index contributed by atoms with van der Waals surface area (Å²) in [5.41, 5.74) is -0.158. The summed E-state index contributed by atoms with van der Waals surface area (Å²) < 4.78 is 22.2. The molecular weight excluding hydrogens is 376 g/mol. The van der Waals surface area contributed by atoms with E-state index in [1.54, 1.807) is 4.57 Å². The number of nitrogens with one attached hydrogen (secondary N) is 1. The fourth-order valence-corrected chi connectivity index (χ4v) is 3.93. The summed E-state index contributed by atoms with van der Waals surface area (Å²) in [7, 11) is 1.41. The number of hydrogen-bond donors (Lipinski definition) is 1. The number of methoxy groups -OCH3 is 1. The normalized spacial score (nSPS) is 19.4. The third kappa shape index (κ3) is 3.43. The zero-order valence-electron chi connectivity index (χ0n) is 16.3. The van der Waals surface area contributed by atoms with Crippen molar-refractivity contribution < 1.29 is 48.6 Å². The molecule has 0 bridgehead atoms. The Balaban J connectivity index is 0.00000225. The Labute approximate surface area is 183 Å². The van der Waals surface area contributed by atoms with Crippen LogP contribution in [-0.4, -0.2) is 43.3 Å². The first-order chi connectivity index (χ1) is 12.9. The summed E-state index contributed by atoms with van der Waals surface area (Å²) >= 11 is 0. The van der Waals surface area contributed by atoms with Gasteiger partial charge >= 0.3 is 29.6 Å². The number of piperazine rings is 1. The zero-order chi connectivity index (χ0) is 19.3. The van der Waals surface area contributed by atoms with Gasteiger partial charge in [0.1, 0.15) is 5.69 Å². The van der Waals surface area contributed by atoms with E-state index >= 15 is 4.39 Å². The molecule has 2 aliphatic rings. The van der Waals surface area contributed by atoms with Gasteiger partial charge in [-0.2, -0.15) is 0 Å². The first-order valence-electron chi connectivity index (χ1n) is 9.08. The molecule has 2 aromatic rings. The average Bonchev–Trinajstić information content (AvgIpc) is 3.46. The van der Waals surface area contributed by atoms with E-state index in [-0.39, 0.29) is 64.2 Å². The fourth-order valence-electron chi connectivity index (χ4n) is 3.93. The van der Waals surface area contributed by atoms with Crippen LogP contribution in [0.3, 0.4) is 0 Å². The van der Waals surface area contributed by atoms with Gasteiger partial charge in [0.05, 0.1) is 29.7 Å². The van der Waals surface area contributed by atoms with Crippen LogP contribution in [0.1, 0.15) is 36.3 Å². The number of carbonyl (C=O) groups excluding carboxylic acids is 1. The number of carboxylic acid groups (broad SMARTS) is 1. The molecular formula is C19H21FN3NaO4. The molecule has 4 rings (SSSR count). The van der Waals surface area contributed by atoms with Gasteiger partial charge < -0.3 is 29.4 Å². The van der Waals surface area contributed by atoms with Crippen molar-refractivity contribution in [2.45, 2.75) is 31.8 Å². The number of carboxylic acids is 1. The van der Waals surface area contributed by atoms with Gasteiger partial charge in [0, 0.05) is 37.8 Å². The number of carbonyl (C=O) groups is 1. The first kappa shape index (κ1) is 21.1. The SMILES string of the molecule is COc1c(N2CCNCC2C)c(F)cc2c(=O)cc(C(=O)[O-])n(C3CC3)c12.[Na+]. The van der Waals surface area contributed by atoms with E-state index in [9.17, 15) is 14.7 Å². The molecule has 28 heavy (non-hydrogen) atoms. The van der Waals surface area contributed by atoms with Crippen LogP contribution in [0.25, 0.3) is 10.9 Å². The van der Waals surface area contributed by atoms with E-state index in [0.717, 1.165) is 18.9 Å². The molecule has 1 saturated heterocycles. The molecule has 1 aromatic carbocycles. The molecule has 2 heterocycles. The van der Waals surface area contributed by atoms with Gasteiger partial charge in [-0.25, -0.2) is 4.39 Å². The second kappa shape index (κ2) is 8.02. The molecule has 7 nitrogen and oxygen atoms in total. The van der Waals surface area contributed by atoms with Crippen molar-refractivity contribution in [2.75, 3.05) is 31.6 Å². The number of halogens is 1. The summed E-state index contributed by atoms with van der Waals surface area (Å²) in [6.07, 6.45) is 1.58. The standard InChI is InChI=1S/C19H22FN3O4.Na/c1-10-9-21-5-6-22(10)17-13(20)7-12-15(24)8-14(19(25)26)23(11-3-4-11)16(12)18(17)27-2;/h7-8,10-11,21H,3-6,9H2,1-2H3,(H,25,26);/q;+1/p-1. The quantitative estimate of drug-likeness (QED) is 0.582. The van der Waals surface area contributed by atoms with E-state index in [1.807, 2.05) is 11.8 Å². The summed E-state index contributed by atoms with van der Waals surface area (Å²) in [6.45, 7) is 3.93. The number of anilines is 1. The Morgan fingerprint density at radius 1 is 1.36 bits per heavy atom. The minimum absolute atomic E-state index is 0. The number of rotatable bonds is 4. The minimum Gasteiger partial charge on any atom is -0.543 e. The van der Waals surface area contributed by atoms with Crippen molar-refractivity contribution in [1.29, 1.82) is 0 Å². The number of nitrogens with zero attached hydrogens (tertiary/aromatic N) is 2. The third-order valence-corrected chi connectivity index (χ3v) is 5.33. The van der Waals surface area contributed by atoms with Crippen molar-refractivity contribution >= 4 is 22.6 Å². The summed E-state index contributed by atoms with van der Waals surface area (Å²) in [5, 5.41) is 15.0. The smallest absolute Gasteiger partial charge is 0.543 e. The molecule has 1 N–H and O–H groups in total. The van der Waals surface area contributed by atoms with Crippen molar-refractivity contribution in [3.8, 4) is 5.75 Å². The van der Waals surface area contributed by atoms with Crippen LogP contribution in [0.2, 0.25) is 0 Å². The van der Waals surface area contributed by atoms with E-state index < -0.39 is 17.2 Å². The number of aromatic carboxylic acids is 1. The summed E-state index contributed by atoms with van der Waals surface area (Å²) in [6, 6.07) is 2.17. The number of fused-ring (bicyclic) bond motifs is 1. The van der Waals surface area contributed by atoms with Gasteiger partial charge in [-0.15, -0.1) is 0 Å². The monoisotopic (exact) mass is 397 g/mol. The van der Waals surface area contributed by atoms with Gasteiger partial charge in [-0.3, -0.25) is 4.79 Å². The van der Waals surface area contributed by atoms with E-state index in [2.05, 4.69) is 5.32 Å². The molecule has 0 amide bonds. The molecule has 0 radical (unpaired) electrons. The van der Waals surface area contributed by atoms with Gasteiger partial charge in [-0.1, -0.05) is 0 Å². The van der Waals surface area contributed by atoms with E-state index in [1.165, 1.54) is 13.2 Å². The Morgan fingerprint density at radius 2 is 2.07 bits per heavy atom. The predicted octanol–water partition coefficient (Wildman–Crippen LogP) is -2.35. The second-order valence-corrected chi connectivity index (χ2v) is 7.17. The Morgan fingerprint density at radius 3 is 2.64 bits per heavy atom. The van der Waals surface area contributed by atoms with Gasteiger partial charge in [0.25, 0.3) is 0 Å². The maximum Gasteiger partial charge on any atom is 1.00 e. The van der Waals surface area contributed by atoms with Crippen LogP contribution in [0.4, 0.5) is 10.1 Å². The van der Waals surface area contributed by atoms with Crippen LogP contribution in [0.5, 0.6) is 5.75 Å². The molecule has 2 fully saturated rings. The van der Waals surface area contributed by atoms with Crippen molar-refractivity contribution in [1.82, 2.24) is 9.88 Å². The zero-order valence-corrected chi connectivity index (χ0v) is 18.3. The third-order valence-electron chi connectivity index (χ3n) is 5.33. The Hall–Kier alpha value is -1.61. The molecule has 1 atom stereocenters. The number of benzene rings is 1. The minimum atomic E-state index is -1.43. The van der Waals surface area contributed by atoms with Gasteiger partial charge in [-0.05, 0) is 25.8 Å². The van der Waals surface area contributed by atoms with Crippen molar-refractivity contribution in [2.24, 2.45) is 0 Å². The van der Waals surface area contributed by atoms with Crippen LogP contribution < -0.4 is 55.0 Å². The van der Waals surface area contributed by atoms with E-state index in [0.29, 0.717) is 25.2 Å². The second-order valence-electron chi connectivity index (χ2n) is 7.17. The van der Waals surface area contributed by atoms with Crippen molar-refractivity contribution in [3.05, 3.63) is 33.9 Å². The summed E-state index contributed by atoms with van der Waals surface area (Å²) in [4.78, 5) is 26.1. The van der Waals surface area contributed by atoms with Crippen LogP contribution in [0.15, 0.2) is 16.9 Å². The van der Waals surface area contributed by atoms with Crippen LogP contribution in [-0.2, 0) is 0 Å². The Bertz CT molecular complexity index is 990. The van der Waals surface area contributed by atoms with Crippen molar-refractivity contribution in [3.63, 3.8) is 0 Å². The topological polar surface area (TPSA) is 86.6 Å². The number of pyridine rings is 1. The number of aromatic nitrogens is 1. The maximum atomic E-state index is 15.1. The number of hydrogen-bond acceptors (Lipinski definition) is 6. The largest absolute Gasteiger partial charge is 1.00 e. The summed E-state index contributed by atoms with van der Waals surface area (Å²) in [5.74, 6) is -1.77. The Kier molecular flexibility index (Phi) is 6.05. The molecule has 0 spiro atoms. The van der Waals surface area contributed by atoms with E-state index in [4.69, 9.17) is 4.74 Å². The molecule has 1 aliphatic heterocycles. The molecule has 1 aromatic heterocycles. The van der Waals surface area contributed by atoms with Gasteiger partial charge in [0.2, 0.25) is 0 Å². The van der Waals surface area contributed by atoms with Crippen LogP contribution >= 0.6 is 0 Å². The molecule has 1 aliphatic carbocycles. The fraction of sp³-hybridized carbons (Fsp3) is 0.474. The number of ether oxygens (including phenoxy) is 1. The molecule has 144 valence electrons. The average molecular weight is 397 g/mol. The van der Waals surface area contributed by atoms with Gasteiger partial charge in [0.15, 0.2) is 17.0 Å². The molecule has 1 saturated carbocycles. The first-order valence-corrected chi connectivity index (χ1v) is 9.08. The molecule has 1 unspecified atom stereocenters. The molecule has 9 heteroatoms.